The third-order valence-electron chi connectivity index (χ3n) is 2.73. The Morgan fingerprint density at radius 1 is 1.10 bits per heavy atom. The first-order valence-corrected chi connectivity index (χ1v) is 8.21. The number of anilines is 1. The molecule has 1 N–H and O–H groups in total. The van der Waals surface area contributed by atoms with Crippen molar-refractivity contribution in [2.45, 2.75) is 23.9 Å². The average Bonchev–Trinajstić information content (AvgIpc) is 2.81. The molecular formula is C13H12F3NO2S2. The lowest BCUT2D eigenvalue weighted by molar-refractivity contribution is -0.0436. The summed E-state index contributed by atoms with van der Waals surface area (Å²) >= 11 is 1.61. The van der Waals surface area contributed by atoms with Gasteiger partial charge in [-0.15, -0.1) is 11.3 Å². The van der Waals surface area contributed by atoms with Crippen molar-refractivity contribution in [2.75, 3.05) is 5.32 Å². The maximum absolute atomic E-state index is 12.4. The summed E-state index contributed by atoms with van der Waals surface area (Å²) in [6.07, 6.45) is 0. The second kappa shape index (κ2) is 5.69. The first-order valence-electron chi connectivity index (χ1n) is 5.91. The van der Waals surface area contributed by atoms with Crippen molar-refractivity contribution >= 4 is 26.9 Å². The Morgan fingerprint density at radius 3 is 2.19 bits per heavy atom. The summed E-state index contributed by atoms with van der Waals surface area (Å²) in [4.78, 5) is 1.49. The zero-order chi connectivity index (χ0) is 15.7. The van der Waals surface area contributed by atoms with E-state index in [0.29, 0.717) is 12.2 Å². The fourth-order valence-electron chi connectivity index (χ4n) is 1.65. The highest BCUT2D eigenvalue weighted by Crippen LogP contribution is 2.30. The van der Waals surface area contributed by atoms with E-state index in [0.717, 1.165) is 17.0 Å². The summed E-state index contributed by atoms with van der Waals surface area (Å²) in [6, 6.07) is 8.46. The molecule has 0 unspecified atom stereocenters. The summed E-state index contributed by atoms with van der Waals surface area (Å²) in [6.45, 7) is 2.51. The van der Waals surface area contributed by atoms with Crippen LogP contribution < -0.4 is 5.32 Å². The summed E-state index contributed by atoms with van der Waals surface area (Å²) in [7, 11) is -5.28. The van der Waals surface area contributed by atoms with E-state index in [4.69, 9.17) is 0 Å². The lowest BCUT2D eigenvalue weighted by atomic mass is 10.3. The SMILES string of the molecule is Cc1ccc(CNc2ccc(S(=O)(=O)C(F)(F)F)cc2)s1. The number of nitrogens with one attached hydrogen (secondary N) is 1. The van der Waals surface area contributed by atoms with Crippen molar-refractivity contribution in [3.63, 3.8) is 0 Å². The predicted molar refractivity (Wildman–Crippen MR) is 76.1 cm³/mol. The molecule has 0 saturated carbocycles. The van der Waals surface area contributed by atoms with Crippen LogP contribution in [0.1, 0.15) is 9.75 Å². The van der Waals surface area contributed by atoms with Gasteiger partial charge in [0.15, 0.2) is 0 Å². The van der Waals surface area contributed by atoms with Crippen LogP contribution in [0.15, 0.2) is 41.3 Å². The van der Waals surface area contributed by atoms with Crippen LogP contribution in [0.2, 0.25) is 0 Å². The van der Waals surface area contributed by atoms with E-state index in [2.05, 4.69) is 5.32 Å². The second-order valence-corrected chi connectivity index (χ2v) is 7.65. The van der Waals surface area contributed by atoms with E-state index >= 15 is 0 Å². The molecule has 8 heteroatoms. The second-order valence-electron chi connectivity index (χ2n) is 4.34. The number of sulfone groups is 1. The van der Waals surface area contributed by atoms with Gasteiger partial charge in [-0.2, -0.15) is 13.2 Å². The molecule has 0 atom stereocenters. The van der Waals surface area contributed by atoms with Crippen molar-refractivity contribution in [3.8, 4) is 0 Å². The Morgan fingerprint density at radius 2 is 1.71 bits per heavy atom. The minimum absolute atomic E-state index is 0.532. The molecule has 21 heavy (non-hydrogen) atoms. The Hall–Kier alpha value is -1.54. The molecule has 0 radical (unpaired) electrons. The van der Waals surface area contributed by atoms with Crippen LogP contribution in [0.25, 0.3) is 0 Å². The number of rotatable bonds is 4. The van der Waals surface area contributed by atoms with Gasteiger partial charge < -0.3 is 5.32 Å². The van der Waals surface area contributed by atoms with Crippen molar-refractivity contribution in [3.05, 3.63) is 46.2 Å². The molecule has 0 aliphatic rings. The maximum atomic E-state index is 12.4. The van der Waals surface area contributed by atoms with Crippen LogP contribution in [0.4, 0.5) is 18.9 Å². The third kappa shape index (κ3) is 3.56. The molecule has 0 fully saturated rings. The lowest BCUT2D eigenvalue weighted by Crippen LogP contribution is -2.23. The largest absolute Gasteiger partial charge is 0.501 e. The van der Waals surface area contributed by atoms with E-state index in [1.807, 2.05) is 19.1 Å². The molecule has 0 amide bonds. The quantitative estimate of drug-likeness (QED) is 0.920. The Labute approximate surface area is 124 Å². The molecule has 0 spiro atoms. The van der Waals surface area contributed by atoms with Gasteiger partial charge >= 0.3 is 5.51 Å². The van der Waals surface area contributed by atoms with Crippen LogP contribution in [0.3, 0.4) is 0 Å². The molecule has 1 aromatic heterocycles. The monoisotopic (exact) mass is 335 g/mol. The van der Waals surface area contributed by atoms with Gasteiger partial charge in [-0.25, -0.2) is 8.42 Å². The summed E-state index contributed by atoms with van der Waals surface area (Å²) in [5.74, 6) is 0. The topological polar surface area (TPSA) is 46.2 Å². The molecule has 0 bridgehead atoms. The van der Waals surface area contributed by atoms with Gasteiger partial charge in [-0.05, 0) is 43.3 Å². The van der Waals surface area contributed by atoms with Gasteiger partial charge in [0.05, 0.1) is 4.90 Å². The van der Waals surface area contributed by atoms with E-state index in [-0.39, 0.29) is 0 Å². The fraction of sp³-hybridized carbons (Fsp3) is 0.231. The van der Waals surface area contributed by atoms with Crippen molar-refractivity contribution in [1.82, 2.24) is 0 Å². The molecule has 2 rings (SSSR count). The molecule has 2 aromatic rings. The highest BCUT2D eigenvalue weighted by atomic mass is 32.2. The highest BCUT2D eigenvalue weighted by molar-refractivity contribution is 7.92. The number of aryl methyl sites for hydroxylation is 1. The number of hydrogen-bond donors (Lipinski definition) is 1. The molecule has 1 heterocycles. The minimum atomic E-state index is -5.28. The van der Waals surface area contributed by atoms with Gasteiger partial charge in [0.2, 0.25) is 0 Å². The number of halogens is 3. The third-order valence-corrected chi connectivity index (χ3v) is 5.23. The van der Waals surface area contributed by atoms with Crippen LogP contribution >= 0.6 is 11.3 Å². The van der Waals surface area contributed by atoms with Gasteiger partial charge in [-0.1, -0.05) is 0 Å². The first-order chi connectivity index (χ1) is 9.70. The maximum Gasteiger partial charge on any atom is 0.501 e. The van der Waals surface area contributed by atoms with E-state index < -0.39 is 20.2 Å². The molecule has 0 saturated heterocycles. The number of benzene rings is 1. The predicted octanol–water partition coefficient (Wildman–Crippen LogP) is 3.96. The van der Waals surface area contributed by atoms with Gasteiger partial charge in [-0.3, -0.25) is 0 Å². The zero-order valence-corrected chi connectivity index (χ0v) is 12.6. The van der Waals surface area contributed by atoms with Crippen LogP contribution in [-0.4, -0.2) is 13.9 Å². The van der Waals surface area contributed by atoms with Crippen molar-refractivity contribution < 1.29 is 21.6 Å². The summed E-state index contributed by atoms with van der Waals surface area (Å²) in [5, 5.41) is 3.03. The van der Waals surface area contributed by atoms with Crippen LogP contribution in [-0.2, 0) is 16.4 Å². The summed E-state index contributed by atoms with van der Waals surface area (Å²) < 4.78 is 59.6. The fourth-order valence-corrected chi connectivity index (χ4v) is 3.25. The molecule has 3 nitrogen and oxygen atoms in total. The van der Waals surface area contributed by atoms with Gasteiger partial charge in [0, 0.05) is 22.0 Å². The lowest BCUT2D eigenvalue weighted by Gasteiger charge is -2.09. The summed E-state index contributed by atoms with van der Waals surface area (Å²) in [5.41, 5.74) is -4.72. The minimum Gasteiger partial charge on any atom is -0.380 e. The van der Waals surface area contributed by atoms with Crippen LogP contribution in [0.5, 0.6) is 0 Å². The standard InChI is InChI=1S/C13H12F3NO2S2/c1-9-2-5-11(20-9)8-17-10-3-6-12(7-4-10)21(18,19)13(14,15)16/h2-7,17H,8H2,1H3. The van der Waals surface area contributed by atoms with Crippen molar-refractivity contribution in [1.29, 1.82) is 0 Å². The van der Waals surface area contributed by atoms with E-state index in [1.165, 1.54) is 17.0 Å². The Bertz CT molecular complexity index is 719. The average molecular weight is 335 g/mol. The van der Waals surface area contributed by atoms with Crippen LogP contribution in [0, 0.1) is 6.92 Å². The molecule has 1 aromatic carbocycles. The molecule has 0 aliphatic heterocycles. The molecule has 0 aliphatic carbocycles. The van der Waals surface area contributed by atoms with Crippen molar-refractivity contribution in [2.24, 2.45) is 0 Å². The zero-order valence-electron chi connectivity index (χ0n) is 10.9. The van der Waals surface area contributed by atoms with Gasteiger partial charge in [0.1, 0.15) is 0 Å². The highest BCUT2D eigenvalue weighted by Gasteiger charge is 2.46. The Kier molecular flexibility index (Phi) is 4.29. The normalized spacial score (nSPS) is 12.4. The Balaban J connectivity index is 2.09. The number of alkyl halides is 3. The first kappa shape index (κ1) is 15.8. The van der Waals surface area contributed by atoms with E-state index in [9.17, 15) is 21.6 Å². The number of hydrogen-bond acceptors (Lipinski definition) is 4. The van der Waals surface area contributed by atoms with Gasteiger partial charge in [0.25, 0.3) is 9.84 Å². The smallest absolute Gasteiger partial charge is 0.380 e. The molecule has 114 valence electrons. The molecular weight excluding hydrogens is 323 g/mol. The number of thiophene rings is 1. The van der Waals surface area contributed by atoms with E-state index in [1.54, 1.807) is 11.3 Å².